The smallest absolute Gasteiger partial charge is 0.339 e. The van der Waals surface area contributed by atoms with E-state index < -0.39 is 0 Å². The molecule has 0 bridgehead atoms. The van der Waals surface area contributed by atoms with Crippen LogP contribution in [0.3, 0.4) is 0 Å². The summed E-state index contributed by atoms with van der Waals surface area (Å²) in [4.78, 5) is 11.7. The number of carbonyl (C=O) groups excluding carboxylic acids is 1. The van der Waals surface area contributed by atoms with Crippen LogP contribution in [0, 0.1) is 0 Å². The Morgan fingerprint density at radius 3 is 2.89 bits per heavy atom. The Labute approximate surface area is 112 Å². The van der Waals surface area contributed by atoms with Crippen LogP contribution in [0.25, 0.3) is 10.1 Å². The van der Waals surface area contributed by atoms with Crippen molar-refractivity contribution in [3.8, 4) is 0 Å². The number of rotatable bonds is 3. The Balaban J connectivity index is 1.76. The fourth-order valence-corrected chi connectivity index (χ4v) is 3.32. The normalized spacial score (nSPS) is 10.7. The van der Waals surface area contributed by atoms with E-state index in [4.69, 9.17) is 4.74 Å². The van der Waals surface area contributed by atoms with Crippen LogP contribution in [-0.4, -0.2) is 5.97 Å². The van der Waals surface area contributed by atoms with Crippen LogP contribution < -0.4 is 0 Å². The lowest BCUT2D eigenvalue weighted by Crippen LogP contribution is -2.03. The first-order chi connectivity index (χ1) is 8.84. The zero-order chi connectivity index (χ0) is 12.4. The highest BCUT2D eigenvalue weighted by molar-refractivity contribution is 7.17. The van der Waals surface area contributed by atoms with Crippen LogP contribution in [0.1, 0.15) is 15.9 Å². The van der Waals surface area contributed by atoms with Gasteiger partial charge in [0.2, 0.25) is 0 Å². The van der Waals surface area contributed by atoms with E-state index in [2.05, 4.69) is 12.1 Å². The Morgan fingerprint density at radius 2 is 2.06 bits per heavy atom. The van der Waals surface area contributed by atoms with Crippen molar-refractivity contribution in [1.82, 2.24) is 0 Å². The van der Waals surface area contributed by atoms with Crippen molar-refractivity contribution in [3.05, 3.63) is 57.6 Å². The van der Waals surface area contributed by atoms with Gasteiger partial charge in [0.15, 0.2) is 0 Å². The minimum Gasteiger partial charge on any atom is -0.457 e. The number of thiophene rings is 2. The number of hydrogen-bond acceptors (Lipinski definition) is 4. The van der Waals surface area contributed by atoms with Crippen LogP contribution in [0.2, 0.25) is 0 Å². The molecule has 3 aromatic rings. The average molecular weight is 274 g/mol. The molecule has 0 N–H and O–H groups in total. The molecular weight excluding hydrogens is 264 g/mol. The molecule has 1 aromatic carbocycles. The van der Waals surface area contributed by atoms with Gasteiger partial charge in [0.1, 0.15) is 6.61 Å². The van der Waals surface area contributed by atoms with Crippen molar-refractivity contribution in [3.63, 3.8) is 0 Å². The molecule has 0 fully saturated rings. The Morgan fingerprint density at radius 1 is 1.17 bits per heavy atom. The molecule has 2 nitrogen and oxygen atoms in total. The quantitative estimate of drug-likeness (QED) is 0.665. The molecule has 90 valence electrons. The first-order valence-electron chi connectivity index (χ1n) is 5.49. The van der Waals surface area contributed by atoms with Crippen molar-refractivity contribution in [1.29, 1.82) is 0 Å². The molecule has 0 aliphatic carbocycles. The molecular formula is C14H10O2S2. The zero-order valence-electron chi connectivity index (χ0n) is 9.46. The number of hydrogen-bond donors (Lipinski definition) is 0. The number of esters is 1. The lowest BCUT2D eigenvalue weighted by molar-refractivity contribution is 0.0475. The van der Waals surface area contributed by atoms with Gasteiger partial charge in [0.25, 0.3) is 0 Å². The van der Waals surface area contributed by atoms with Gasteiger partial charge >= 0.3 is 5.97 Å². The number of ether oxygens (including phenoxy) is 1. The highest BCUT2D eigenvalue weighted by Gasteiger charge is 2.09. The zero-order valence-corrected chi connectivity index (χ0v) is 11.1. The Hall–Kier alpha value is -1.65. The highest BCUT2D eigenvalue weighted by Crippen LogP contribution is 2.26. The third-order valence-electron chi connectivity index (χ3n) is 2.68. The van der Waals surface area contributed by atoms with Crippen molar-refractivity contribution >= 4 is 38.7 Å². The number of carbonyl (C=O) groups is 1. The number of benzene rings is 1. The summed E-state index contributed by atoms with van der Waals surface area (Å²) in [5.41, 5.74) is 1.69. The van der Waals surface area contributed by atoms with E-state index in [1.54, 1.807) is 22.8 Å². The van der Waals surface area contributed by atoms with E-state index >= 15 is 0 Å². The predicted octanol–water partition coefficient (Wildman–Crippen LogP) is 4.32. The summed E-state index contributed by atoms with van der Waals surface area (Å²) in [6.45, 7) is 0.332. The van der Waals surface area contributed by atoms with E-state index in [0.29, 0.717) is 12.2 Å². The molecule has 2 heterocycles. The second-order valence-corrected chi connectivity index (χ2v) is 5.54. The first-order valence-corrected chi connectivity index (χ1v) is 7.31. The summed E-state index contributed by atoms with van der Waals surface area (Å²) < 4.78 is 6.53. The first kappa shape index (κ1) is 11.4. The Kier molecular flexibility index (Phi) is 3.13. The maximum Gasteiger partial charge on any atom is 0.339 e. The fourth-order valence-electron chi connectivity index (χ4n) is 1.75. The van der Waals surface area contributed by atoms with Gasteiger partial charge in [0, 0.05) is 15.6 Å². The van der Waals surface area contributed by atoms with Crippen LogP contribution in [0.4, 0.5) is 0 Å². The van der Waals surface area contributed by atoms with Crippen molar-refractivity contribution in [2.45, 2.75) is 6.61 Å². The third kappa shape index (κ3) is 2.17. The van der Waals surface area contributed by atoms with Crippen molar-refractivity contribution < 1.29 is 9.53 Å². The van der Waals surface area contributed by atoms with Crippen LogP contribution in [0.5, 0.6) is 0 Å². The summed E-state index contributed by atoms with van der Waals surface area (Å²) in [7, 11) is 0. The Bertz CT molecular complexity index is 668. The molecule has 0 aliphatic rings. The van der Waals surface area contributed by atoms with E-state index in [1.165, 1.54) is 21.4 Å². The summed E-state index contributed by atoms with van der Waals surface area (Å²) >= 11 is 3.17. The van der Waals surface area contributed by atoms with E-state index in [1.807, 2.05) is 22.9 Å². The molecule has 18 heavy (non-hydrogen) atoms. The monoisotopic (exact) mass is 274 g/mol. The van der Waals surface area contributed by atoms with E-state index in [-0.39, 0.29) is 5.97 Å². The standard InChI is InChI=1S/C14H10O2S2/c15-14(10-5-6-17-8-10)16-7-11-9-18-13-4-2-1-3-12(11)13/h1-6,8-9H,7H2. The summed E-state index contributed by atoms with van der Waals surface area (Å²) in [6.07, 6.45) is 0. The second kappa shape index (κ2) is 4.92. The predicted molar refractivity (Wildman–Crippen MR) is 75.3 cm³/mol. The topological polar surface area (TPSA) is 26.3 Å². The summed E-state index contributed by atoms with van der Waals surface area (Å²) in [5.74, 6) is -0.258. The molecule has 2 aromatic heterocycles. The molecule has 0 saturated carbocycles. The molecule has 0 saturated heterocycles. The summed E-state index contributed by atoms with van der Waals surface area (Å²) in [5, 5.41) is 6.89. The average Bonchev–Trinajstić information content (AvgIpc) is 3.06. The molecule has 0 spiro atoms. The highest BCUT2D eigenvalue weighted by atomic mass is 32.1. The van der Waals surface area contributed by atoms with Crippen molar-refractivity contribution in [2.75, 3.05) is 0 Å². The maximum atomic E-state index is 11.7. The lowest BCUT2D eigenvalue weighted by atomic mass is 10.2. The van der Waals surface area contributed by atoms with Gasteiger partial charge in [-0.2, -0.15) is 11.3 Å². The van der Waals surface area contributed by atoms with Gasteiger partial charge in [0.05, 0.1) is 5.56 Å². The fraction of sp³-hybridized carbons (Fsp3) is 0.0714. The summed E-state index contributed by atoms with van der Waals surface area (Å²) in [6, 6.07) is 9.92. The second-order valence-electron chi connectivity index (χ2n) is 3.85. The lowest BCUT2D eigenvalue weighted by Gasteiger charge is -2.02. The molecule has 3 rings (SSSR count). The van der Waals surface area contributed by atoms with Gasteiger partial charge in [-0.05, 0) is 28.3 Å². The minimum absolute atomic E-state index is 0.258. The van der Waals surface area contributed by atoms with Crippen molar-refractivity contribution in [2.24, 2.45) is 0 Å². The van der Waals surface area contributed by atoms with Gasteiger partial charge in [-0.1, -0.05) is 18.2 Å². The van der Waals surface area contributed by atoms with E-state index in [0.717, 1.165) is 5.56 Å². The van der Waals surface area contributed by atoms with Crippen LogP contribution >= 0.6 is 22.7 Å². The van der Waals surface area contributed by atoms with Gasteiger partial charge < -0.3 is 4.74 Å². The van der Waals surface area contributed by atoms with Gasteiger partial charge in [-0.25, -0.2) is 4.79 Å². The molecule has 0 aliphatic heterocycles. The minimum atomic E-state index is -0.258. The molecule has 0 amide bonds. The van der Waals surface area contributed by atoms with Crippen LogP contribution in [0.15, 0.2) is 46.5 Å². The van der Waals surface area contributed by atoms with Gasteiger partial charge in [-0.15, -0.1) is 11.3 Å². The molecule has 0 atom stereocenters. The molecule has 0 radical (unpaired) electrons. The third-order valence-corrected chi connectivity index (χ3v) is 4.37. The van der Waals surface area contributed by atoms with Crippen LogP contribution in [-0.2, 0) is 11.3 Å². The SMILES string of the molecule is O=C(OCc1csc2ccccc12)c1ccsc1. The van der Waals surface area contributed by atoms with Gasteiger partial charge in [-0.3, -0.25) is 0 Å². The maximum absolute atomic E-state index is 11.7. The van der Waals surface area contributed by atoms with E-state index in [9.17, 15) is 4.79 Å². The number of fused-ring (bicyclic) bond motifs is 1. The molecule has 0 unspecified atom stereocenters. The molecule has 4 heteroatoms. The largest absolute Gasteiger partial charge is 0.457 e.